The third-order valence-corrected chi connectivity index (χ3v) is 5.38. The zero-order valence-corrected chi connectivity index (χ0v) is 16.3. The fraction of sp³-hybridized carbons (Fsp3) is 0.409. The van der Waals surface area contributed by atoms with Crippen LogP contribution in [0.4, 0.5) is 0 Å². The minimum atomic E-state index is 0. The summed E-state index contributed by atoms with van der Waals surface area (Å²) < 4.78 is 0. The molecule has 2 N–H and O–H groups in total. The maximum Gasteiger partial charge on any atom is 0.222 e. The molecule has 1 fully saturated rings. The Bertz CT molecular complexity index is 687. The van der Waals surface area contributed by atoms with E-state index in [-0.39, 0.29) is 18.3 Å². The van der Waals surface area contributed by atoms with Gasteiger partial charge in [-0.05, 0) is 42.0 Å². The average molecular weight is 373 g/mol. The molecule has 2 atom stereocenters. The van der Waals surface area contributed by atoms with Gasteiger partial charge in [-0.25, -0.2) is 0 Å². The number of hydrogen-bond acceptors (Lipinski definition) is 2. The Morgan fingerprint density at radius 3 is 2.31 bits per heavy atom. The van der Waals surface area contributed by atoms with Crippen molar-refractivity contribution in [1.29, 1.82) is 0 Å². The number of amides is 1. The number of carbonyl (C=O) groups excluding carboxylic acids is 1. The predicted molar refractivity (Wildman–Crippen MR) is 110 cm³/mol. The summed E-state index contributed by atoms with van der Waals surface area (Å²) >= 11 is 0. The Kier molecular flexibility index (Phi) is 7.67. The summed E-state index contributed by atoms with van der Waals surface area (Å²) in [5, 5.41) is 0. The lowest BCUT2D eigenvalue weighted by Gasteiger charge is -2.17. The summed E-state index contributed by atoms with van der Waals surface area (Å²) in [6, 6.07) is 19.1. The predicted octanol–water partition coefficient (Wildman–Crippen LogP) is 3.80. The summed E-state index contributed by atoms with van der Waals surface area (Å²) in [4.78, 5) is 14.7. The van der Waals surface area contributed by atoms with Crippen molar-refractivity contribution < 1.29 is 4.79 Å². The van der Waals surface area contributed by atoms with Gasteiger partial charge in [0.2, 0.25) is 5.91 Å². The second-order valence-electron chi connectivity index (χ2n) is 6.98. The van der Waals surface area contributed by atoms with Crippen LogP contribution in [0.15, 0.2) is 54.6 Å². The topological polar surface area (TPSA) is 46.3 Å². The summed E-state index contributed by atoms with van der Waals surface area (Å²) in [5.41, 5.74) is 9.85. The van der Waals surface area contributed by atoms with E-state index >= 15 is 0 Å². The van der Waals surface area contributed by atoms with Gasteiger partial charge in [-0.3, -0.25) is 4.79 Å². The van der Waals surface area contributed by atoms with Gasteiger partial charge >= 0.3 is 0 Å². The fourth-order valence-corrected chi connectivity index (χ4v) is 3.74. The van der Waals surface area contributed by atoms with Gasteiger partial charge in [0.15, 0.2) is 0 Å². The smallest absolute Gasteiger partial charge is 0.222 e. The van der Waals surface area contributed by atoms with Gasteiger partial charge in [-0.2, -0.15) is 0 Å². The van der Waals surface area contributed by atoms with E-state index in [1.165, 1.54) is 16.7 Å². The quantitative estimate of drug-likeness (QED) is 0.838. The number of nitrogens with two attached hydrogens (primary N) is 1. The van der Waals surface area contributed by atoms with Gasteiger partial charge in [0.05, 0.1) is 0 Å². The van der Waals surface area contributed by atoms with E-state index in [9.17, 15) is 4.79 Å². The molecular formula is C22H29ClN2O. The van der Waals surface area contributed by atoms with Crippen LogP contribution in [0.2, 0.25) is 0 Å². The standard InChI is InChI=1S/C22H28N2O.ClH/c1-2-17-8-10-18(11-9-17)12-13-22(25)24-15-20(14-23)21(16-24)19-6-4-3-5-7-19;/h3-11,20-21H,2,12-16,23H2,1H3;1H/t20-,21+;/m1./s1. The summed E-state index contributed by atoms with van der Waals surface area (Å²) in [5.74, 6) is 0.964. The Balaban J connectivity index is 0.00000243. The molecule has 3 nitrogen and oxygen atoms in total. The Morgan fingerprint density at radius 2 is 1.69 bits per heavy atom. The molecule has 0 aliphatic carbocycles. The maximum atomic E-state index is 12.7. The summed E-state index contributed by atoms with van der Waals surface area (Å²) in [7, 11) is 0. The zero-order chi connectivity index (χ0) is 17.6. The van der Waals surface area contributed by atoms with Crippen LogP contribution in [0.5, 0.6) is 0 Å². The highest BCUT2D eigenvalue weighted by Crippen LogP contribution is 2.32. The number of rotatable bonds is 6. The molecule has 0 spiro atoms. The van der Waals surface area contributed by atoms with Crippen molar-refractivity contribution in [3.8, 4) is 0 Å². The second-order valence-corrected chi connectivity index (χ2v) is 6.98. The normalized spacial score (nSPS) is 19.2. The Hall–Kier alpha value is -1.84. The van der Waals surface area contributed by atoms with Crippen molar-refractivity contribution in [2.45, 2.75) is 32.1 Å². The van der Waals surface area contributed by atoms with E-state index < -0.39 is 0 Å². The molecule has 140 valence electrons. The largest absolute Gasteiger partial charge is 0.342 e. The first-order valence-corrected chi connectivity index (χ1v) is 9.32. The SMILES string of the molecule is CCc1ccc(CCC(=O)N2C[C@@H](CN)[C@H](c3ccccc3)C2)cc1.Cl. The molecular weight excluding hydrogens is 344 g/mol. The molecule has 1 aliphatic heterocycles. The maximum absolute atomic E-state index is 12.7. The molecule has 3 rings (SSSR count). The van der Waals surface area contributed by atoms with Crippen LogP contribution in [0.25, 0.3) is 0 Å². The summed E-state index contributed by atoms with van der Waals surface area (Å²) in [6.45, 7) is 4.36. The molecule has 1 saturated heterocycles. The monoisotopic (exact) mass is 372 g/mol. The third-order valence-electron chi connectivity index (χ3n) is 5.38. The van der Waals surface area contributed by atoms with E-state index in [2.05, 4.69) is 55.5 Å². The van der Waals surface area contributed by atoms with Crippen LogP contribution in [-0.4, -0.2) is 30.4 Å². The van der Waals surface area contributed by atoms with E-state index in [0.717, 1.165) is 25.9 Å². The molecule has 0 saturated carbocycles. The molecule has 0 unspecified atom stereocenters. The van der Waals surface area contributed by atoms with E-state index in [4.69, 9.17) is 5.73 Å². The van der Waals surface area contributed by atoms with Crippen molar-refractivity contribution in [2.75, 3.05) is 19.6 Å². The van der Waals surface area contributed by atoms with Crippen LogP contribution in [-0.2, 0) is 17.6 Å². The highest BCUT2D eigenvalue weighted by atomic mass is 35.5. The van der Waals surface area contributed by atoms with Gasteiger partial charge in [-0.1, -0.05) is 61.5 Å². The van der Waals surface area contributed by atoms with Crippen molar-refractivity contribution in [3.63, 3.8) is 0 Å². The van der Waals surface area contributed by atoms with Crippen molar-refractivity contribution in [3.05, 3.63) is 71.3 Å². The molecule has 0 bridgehead atoms. The van der Waals surface area contributed by atoms with Gasteiger partial charge < -0.3 is 10.6 Å². The number of likely N-dealkylation sites (tertiary alicyclic amines) is 1. The first kappa shape index (κ1) is 20.5. The number of aryl methyl sites for hydroxylation is 2. The fourth-order valence-electron chi connectivity index (χ4n) is 3.74. The average Bonchev–Trinajstić information content (AvgIpc) is 3.12. The van der Waals surface area contributed by atoms with E-state index in [0.29, 0.717) is 24.8 Å². The number of nitrogens with zero attached hydrogens (tertiary/aromatic N) is 1. The number of carbonyl (C=O) groups is 1. The number of halogens is 1. The van der Waals surface area contributed by atoms with Gasteiger partial charge in [0.1, 0.15) is 0 Å². The molecule has 0 radical (unpaired) electrons. The van der Waals surface area contributed by atoms with Crippen LogP contribution in [0.3, 0.4) is 0 Å². The molecule has 4 heteroatoms. The van der Waals surface area contributed by atoms with E-state index in [1.54, 1.807) is 0 Å². The van der Waals surface area contributed by atoms with Crippen LogP contribution >= 0.6 is 12.4 Å². The highest BCUT2D eigenvalue weighted by Gasteiger charge is 2.34. The Morgan fingerprint density at radius 1 is 1.04 bits per heavy atom. The van der Waals surface area contributed by atoms with Gasteiger partial charge in [0, 0.05) is 25.4 Å². The lowest BCUT2D eigenvalue weighted by molar-refractivity contribution is -0.130. The summed E-state index contributed by atoms with van der Waals surface area (Å²) in [6.07, 6.45) is 2.43. The van der Waals surface area contributed by atoms with Crippen molar-refractivity contribution >= 4 is 18.3 Å². The number of benzene rings is 2. The van der Waals surface area contributed by atoms with Gasteiger partial charge in [0.25, 0.3) is 0 Å². The zero-order valence-electron chi connectivity index (χ0n) is 15.4. The first-order valence-electron chi connectivity index (χ1n) is 9.32. The van der Waals surface area contributed by atoms with E-state index in [1.807, 2.05) is 11.0 Å². The molecule has 0 aromatic heterocycles. The molecule has 1 amide bonds. The lowest BCUT2D eigenvalue weighted by Crippen LogP contribution is -2.30. The van der Waals surface area contributed by atoms with Gasteiger partial charge in [-0.15, -0.1) is 12.4 Å². The van der Waals surface area contributed by atoms with Crippen molar-refractivity contribution in [1.82, 2.24) is 4.90 Å². The Labute approximate surface area is 163 Å². The molecule has 2 aromatic rings. The number of hydrogen-bond donors (Lipinski definition) is 1. The molecule has 1 aliphatic rings. The first-order chi connectivity index (χ1) is 12.2. The molecule has 26 heavy (non-hydrogen) atoms. The van der Waals surface area contributed by atoms with Crippen LogP contribution in [0, 0.1) is 5.92 Å². The van der Waals surface area contributed by atoms with Crippen LogP contribution in [0.1, 0.15) is 36.0 Å². The minimum absolute atomic E-state index is 0. The lowest BCUT2D eigenvalue weighted by atomic mass is 9.89. The van der Waals surface area contributed by atoms with Crippen LogP contribution < -0.4 is 5.73 Å². The molecule has 2 aromatic carbocycles. The third kappa shape index (κ3) is 4.87. The minimum Gasteiger partial charge on any atom is -0.342 e. The second kappa shape index (κ2) is 9.75. The van der Waals surface area contributed by atoms with Crippen molar-refractivity contribution in [2.24, 2.45) is 11.7 Å². The highest BCUT2D eigenvalue weighted by molar-refractivity contribution is 5.85. The molecule has 1 heterocycles.